The lowest BCUT2D eigenvalue weighted by molar-refractivity contribution is 0.0671. The van der Waals surface area contributed by atoms with Crippen LogP contribution in [0.1, 0.15) is 39.0 Å². The molecule has 2 nitrogen and oxygen atoms in total. The van der Waals surface area contributed by atoms with E-state index in [0.29, 0.717) is 0 Å². The van der Waals surface area contributed by atoms with Gasteiger partial charge < -0.3 is 10.2 Å². The Morgan fingerprint density at radius 3 is 2.40 bits per heavy atom. The summed E-state index contributed by atoms with van der Waals surface area (Å²) in [5.74, 6) is 1.95. The Morgan fingerprint density at radius 2 is 1.87 bits per heavy atom. The molecule has 0 spiro atoms. The summed E-state index contributed by atoms with van der Waals surface area (Å²) in [6.45, 7) is 6.46. The second-order valence-corrected chi connectivity index (χ2v) is 6.03. The van der Waals surface area contributed by atoms with Gasteiger partial charge in [0.25, 0.3) is 0 Å². The maximum absolute atomic E-state index is 3.94. The summed E-state index contributed by atoms with van der Waals surface area (Å²) in [5, 5.41) is 3.94. The highest BCUT2D eigenvalue weighted by Gasteiger charge is 2.35. The van der Waals surface area contributed by atoms with Gasteiger partial charge >= 0.3 is 0 Å². The van der Waals surface area contributed by atoms with Gasteiger partial charge in [0, 0.05) is 18.6 Å². The molecule has 4 aliphatic rings. The second kappa shape index (κ2) is 4.06. The summed E-state index contributed by atoms with van der Waals surface area (Å²) in [6.07, 6.45) is 7.17. The minimum Gasteiger partial charge on any atom is -0.310 e. The predicted octanol–water partition coefficient (Wildman–Crippen LogP) is 1.86. The first-order chi connectivity index (χ1) is 7.31. The maximum atomic E-state index is 3.94. The molecule has 4 fully saturated rings. The molecule has 0 aromatic heterocycles. The number of hydrogen-bond donors (Lipinski definition) is 1. The van der Waals surface area contributed by atoms with Gasteiger partial charge in [0.2, 0.25) is 0 Å². The van der Waals surface area contributed by atoms with Crippen molar-refractivity contribution >= 4 is 0 Å². The molecule has 0 aromatic carbocycles. The van der Waals surface area contributed by atoms with Crippen LogP contribution in [-0.4, -0.2) is 36.6 Å². The molecule has 3 atom stereocenters. The van der Waals surface area contributed by atoms with Crippen molar-refractivity contribution in [3.63, 3.8) is 0 Å². The van der Waals surface area contributed by atoms with E-state index in [1.54, 1.807) is 0 Å². The molecule has 3 unspecified atom stereocenters. The van der Waals surface area contributed by atoms with Gasteiger partial charge in [0.05, 0.1) is 0 Å². The third-order valence-corrected chi connectivity index (χ3v) is 4.80. The van der Waals surface area contributed by atoms with E-state index < -0.39 is 0 Å². The predicted molar refractivity (Wildman–Crippen MR) is 62.9 cm³/mol. The smallest absolute Gasteiger partial charge is 0.0226 e. The van der Waals surface area contributed by atoms with Crippen molar-refractivity contribution in [2.24, 2.45) is 11.8 Å². The first-order valence-electron chi connectivity index (χ1n) is 6.79. The molecule has 0 amide bonds. The van der Waals surface area contributed by atoms with Crippen LogP contribution in [0.25, 0.3) is 0 Å². The van der Waals surface area contributed by atoms with Gasteiger partial charge in [-0.15, -0.1) is 0 Å². The molecule has 1 saturated carbocycles. The molecule has 3 saturated heterocycles. The molecule has 3 heterocycles. The molecule has 0 aromatic rings. The van der Waals surface area contributed by atoms with Gasteiger partial charge in [-0.25, -0.2) is 0 Å². The first kappa shape index (κ1) is 10.1. The van der Waals surface area contributed by atoms with E-state index in [0.717, 1.165) is 23.9 Å². The minimum absolute atomic E-state index is 0.822. The van der Waals surface area contributed by atoms with Crippen molar-refractivity contribution in [3.05, 3.63) is 0 Å². The highest BCUT2D eigenvalue weighted by atomic mass is 15.2. The van der Waals surface area contributed by atoms with Gasteiger partial charge in [-0.2, -0.15) is 0 Å². The van der Waals surface area contributed by atoms with Crippen molar-refractivity contribution in [2.75, 3.05) is 19.6 Å². The van der Waals surface area contributed by atoms with E-state index in [-0.39, 0.29) is 0 Å². The van der Waals surface area contributed by atoms with E-state index in [2.05, 4.69) is 17.1 Å². The van der Waals surface area contributed by atoms with Crippen LogP contribution in [0.4, 0.5) is 0 Å². The van der Waals surface area contributed by atoms with Crippen molar-refractivity contribution in [1.29, 1.82) is 0 Å². The van der Waals surface area contributed by atoms with Crippen LogP contribution in [0.15, 0.2) is 0 Å². The van der Waals surface area contributed by atoms with Crippen molar-refractivity contribution < 1.29 is 0 Å². The third kappa shape index (κ3) is 2.07. The zero-order valence-corrected chi connectivity index (χ0v) is 9.91. The number of fused-ring (bicyclic) bond motifs is 3. The molecule has 4 rings (SSSR count). The van der Waals surface area contributed by atoms with Crippen LogP contribution in [0.3, 0.4) is 0 Å². The summed E-state index contributed by atoms with van der Waals surface area (Å²) < 4.78 is 0. The molecular formula is C13H24N2. The number of nitrogens with one attached hydrogen (secondary N) is 1. The molecule has 2 bridgehead atoms. The van der Waals surface area contributed by atoms with Crippen molar-refractivity contribution in [3.8, 4) is 0 Å². The lowest BCUT2D eigenvalue weighted by atomic mass is 9.83. The van der Waals surface area contributed by atoms with E-state index in [1.807, 2.05) is 0 Å². The Hall–Kier alpha value is -0.0800. The molecule has 1 N–H and O–H groups in total. The Morgan fingerprint density at radius 1 is 1.07 bits per heavy atom. The molecule has 86 valence electrons. The number of piperidine rings is 3. The second-order valence-electron chi connectivity index (χ2n) is 6.03. The Labute approximate surface area is 93.4 Å². The van der Waals surface area contributed by atoms with Crippen LogP contribution in [-0.2, 0) is 0 Å². The van der Waals surface area contributed by atoms with E-state index >= 15 is 0 Å². The van der Waals surface area contributed by atoms with Gasteiger partial charge in [-0.05, 0) is 57.0 Å². The molecule has 0 radical (unpaired) electrons. The fourth-order valence-corrected chi connectivity index (χ4v) is 3.82. The zero-order chi connectivity index (χ0) is 10.3. The van der Waals surface area contributed by atoms with E-state index in [9.17, 15) is 0 Å². The molecule has 1 aliphatic carbocycles. The van der Waals surface area contributed by atoms with Crippen LogP contribution >= 0.6 is 0 Å². The highest BCUT2D eigenvalue weighted by molar-refractivity contribution is 4.93. The molecule has 3 aliphatic heterocycles. The van der Waals surface area contributed by atoms with Gasteiger partial charge in [0.1, 0.15) is 0 Å². The van der Waals surface area contributed by atoms with E-state index in [4.69, 9.17) is 0 Å². The normalized spacial score (nSPS) is 49.8. The zero-order valence-electron chi connectivity index (χ0n) is 9.91. The number of hydrogen-bond acceptors (Lipinski definition) is 2. The average molecular weight is 208 g/mol. The third-order valence-electron chi connectivity index (χ3n) is 4.80. The molecular weight excluding hydrogens is 184 g/mol. The highest BCUT2D eigenvalue weighted by Crippen LogP contribution is 2.30. The van der Waals surface area contributed by atoms with Gasteiger partial charge in [0.15, 0.2) is 0 Å². The fraction of sp³-hybridized carbons (Fsp3) is 1.00. The van der Waals surface area contributed by atoms with Gasteiger partial charge in [-0.1, -0.05) is 6.92 Å². The maximum Gasteiger partial charge on any atom is 0.0226 e. The quantitative estimate of drug-likeness (QED) is 0.745. The summed E-state index contributed by atoms with van der Waals surface area (Å²) in [4.78, 5) is 2.65. The number of nitrogens with zero attached hydrogens (tertiary/aromatic N) is 1. The SMILES string of the molecule is CC1CCC(NC2CN3CCC2CC3)C1. The summed E-state index contributed by atoms with van der Waals surface area (Å²) in [6, 6.07) is 1.66. The Bertz CT molecular complexity index is 221. The van der Waals surface area contributed by atoms with Crippen molar-refractivity contribution in [2.45, 2.75) is 51.1 Å². The largest absolute Gasteiger partial charge is 0.310 e. The first-order valence-corrected chi connectivity index (χ1v) is 6.79. The van der Waals surface area contributed by atoms with Gasteiger partial charge in [-0.3, -0.25) is 0 Å². The summed E-state index contributed by atoms with van der Waals surface area (Å²) >= 11 is 0. The fourth-order valence-electron chi connectivity index (χ4n) is 3.82. The lowest BCUT2D eigenvalue weighted by Crippen LogP contribution is -2.57. The summed E-state index contributed by atoms with van der Waals surface area (Å²) in [7, 11) is 0. The van der Waals surface area contributed by atoms with Crippen LogP contribution in [0.2, 0.25) is 0 Å². The van der Waals surface area contributed by atoms with Crippen LogP contribution < -0.4 is 5.32 Å². The Balaban J connectivity index is 1.55. The minimum atomic E-state index is 0.822. The van der Waals surface area contributed by atoms with Crippen LogP contribution in [0.5, 0.6) is 0 Å². The van der Waals surface area contributed by atoms with Crippen molar-refractivity contribution in [1.82, 2.24) is 10.2 Å². The molecule has 2 heteroatoms. The molecule has 15 heavy (non-hydrogen) atoms. The topological polar surface area (TPSA) is 15.3 Å². The van der Waals surface area contributed by atoms with Crippen LogP contribution in [0, 0.1) is 11.8 Å². The average Bonchev–Trinajstić information content (AvgIpc) is 2.66. The lowest BCUT2D eigenvalue weighted by Gasteiger charge is -2.46. The standard InChI is InChI=1S/C13H24N2/c1-10-2-3-12(8-10)14-13-9-15-6-4-11(13)5-7-15/h10-14H,2-9H2,1H3. The summed E-state index contributed by atoms with van der Waals surface area (Å²) in [5.41, 5.74) is 0. The number of rotatable bonds is 2. The monoisotopic (exact) mass is 208 g/mol. The Kier molecular flexibility index (Phi) is 2.73. The van der Waals surface area contributed by atoms with E-state index in [1.165, 1.54) is 51.7 Å².